The van der Waals surface area contributed by atoms with Crippen molar-refractivity contribution < 1.29 is 17.9 Å². The molecule has 118 valence electrons. The van der Waals surface area contributed by atoms with Gasteiger partial charge in [-0.1, -0.05) is 6.07 Å². The Hall–Kier alpha value is -1.37. The number of aryl methyl sites for hydroxylation is 1. The zero-order valence-electron chi connectivity index (χ0n) is 12.3. The van der Waals surface area contributed by atoms with Crippen molar-refractivity contribution in [2.75, 3.05) is 12.0 Å². The van der Waals surface area contributed by atoms with E-state index >= 15 is 0 Å². The van der Waals surface area contributed by atoms with Crippen molar-refractivity contribution in [3.63, 3.8) is 0 Å². The van der Waals surface area contributed by atoms with Gasteiger partial charge >= 0.3 is 0 Å². The third-order valence-electron chi connectivity index (χ3n) is 3.25. The Morgan fingerprint density at radius 1 is 1.18 bits per heavy atom. The van der Waals surface area contributed by atoms with E-state index in [1.807, 2.05) is 0 Å². The van der Waals surface area contributed by atoms with Gasteiger partial charge in [-0.15, -0.1) is 11.8 Å². The molecule has 2 rings (SSSR count). The first-order valence-corrected chi connectivity index (χ1v) is 9.52. The lowest BCUT2D eigenvalue weighted by atomic mass is 10.0. The van der Waals surface area contributed by atoms with Gasteiger partial charge in [-0.2, -0.15) is 0 Å². The normalized spacial score (nSPS) is 13.1. The highest BCUT2D eigenvalue weighted by Crippen LogP contribution is 2.27. The topological polar surface area (TPSA) is 54.4 Å². The standard InChI is InChI=1S/C16H17FO3S2/c1-11-9-12(17)3-8-15(11)16(18)10-21-13-4-6-14(7-5-13)22(2,19)20/h3-9,16,18H,10H2,1-2H3. The molecule has 0 saturated carbocycles. The number of halogens is 1. The van der Waals surface area contributed by atoms with E-state index in [1.54, 1.807) is 37.3 Å². The van der Waals surface area contributed by atoms with Crippen LogP contribution in [-0.4, -0.2) is 25.5 Å². The summed E-state index contributed by atoms with van der Waals surface area (Å²) < 4.78 is 35.8. The predicted molar refractivity (Wildman–Crippen MR) is 86.4 cm³/mol. The fourth-order valence-corrected chi connectivity index (χ4v) is 3.55. The number of hydrogen-bond acceptors (Lipinski definition) is 4. The molecule has 3 nitrogen and oxygen atoms in total. The monoisotopic (exact) mass is 340 g/mol. The lowest BCUT2D eigenvalue weighted by molar-refractivity contribution is 0.203. The molecule has 6 heteroatoms. The Balaban J connectivity index is 2.03. The molecule has 0 heterocycles. The smallest absolute Gasteiger partial charge is 0.175 e. The summed E-state index contributed by atoms with van der Waals surface area (Å²) in [6, 6.07) is 10.8. The molecule has 0 aromatic heterocycles. The molecule has 0 spiro atoms. The fourth-order valence-electron chi connectivity index (χ4n) is 2.06. The maximum absolute atomic E-state index is 13.1. The Morgan fingerprint density at radius 3 is 2.36 bits per heavy atom. The molecule has 2 aromatic carbocycles. The van der Waals surface area contributed by atoms with Gasteiger partial charge in [-0.3, -0.25) is 0 Å². The molecule has 0 amide bonds. The number of benzene rings is 2. The first-order valence-electron chi connectivity index (χ1n) is 6.64. The number of rotatable bonds is 5. The van der Waals surface area contributed by atoms with Gasteiger partial charge in [0, 0.05) is 16.9 Å². The number of aliphatic hydroxyl groups is 1. The van der Waals surface area contributed by atoms with Crippen LogP contribution in [0.4, 0.5) is 4.39 Å². The van der Waals surface area contributed by atoms with Crippen molar-refractivity contribution in [1.82, 2.24) is 0 Å². The molecule has 0 aliphatic rings. The summed E-state index contributed by atoms with van der Waals surface area (Å²) in [6.45, 7) is 1.76. The Kier molecular flexibility index (Phi) is 5.26. The summed E-state index contributed by atoms with van der Waals surface area (Å²) in [6.07, 6.45) is 0.455. The fraction of sp³-hybridized carbons (Fsp3) is 0.250. The molecule has 1 unspecified atom stereocenters. The van der Waals surface area contributed by atoms with Crippen molar-refractivity contribution in [2.45, 2.75) is 22.8 Å². The summed E-state index contributed by atoms with van der Waals surface area (Å²) in [5.41, 5.74) is 1.40. The maximum Gasteiger partial charge on any atom is 0.175 e. The third-order valence-corrected chi connectivity index (χ3v) is 5.47. The molecule has 0 aliphatic heterocycles. The number of hydrogen-bond donors (Lipinski definition) is 1. The number of sulfone groups is 1. The summed E-state index contributed by atoms with van der Waals surface area (Å²) in [4.78, 5) is 1.14. The van der Waals surface area contributed by atoms with Gasteiger partial charge in [0.15, 0.2) is 9.84 Å². The van der Waals surface area contributed by atoms with Gasteiger partial charge in [0.25, 0.3) is 0 Å². The zero-order valence-corrected chi connectivity index (χ0v) is 13.9. The molecule has 0 fully saturated rings. The Morgan fingerprint density at radius 2 is 1.82 bits per heavy atom. The average Bonchev–Trinajstić information content (AvgIpc) is 2.44. The van der Waals surface area contributed by atoms with Crippen LogP contribution in [0.5, 0.6) is 0 Å². The lowest BCUT2D eigenvalue weighted by Gasteiger charge is -2.13. The Labute approximate surface area is 134 Å². The molecule has 0 aliphatic carbocycles. The van der Waals surface area contributed by atoms with Crippen LogP contribution < -0.4 is 0 Å². The molecule has 22 heavy (non-hydrogen) atoms. The SMILES string of the molecule is Cc1cc(F)ccc1C(O)CSc1ccc(S(C)(=O)=O)cc1. The molecule has 1 N–H and O–H groups in total. The van der Waals surface area contributed by atoms with E-state index in [1.165, 1.54) is 23.9 Å². The second kappa shape index (κ2) is 6.81. The molecular formula is C16H17FO3S2. The van der Waals surface area contributed by atoms with Crippen LogP contribution in [0.2, 0.25) is 0 Å². The van der Waals surface area contributed by atoms with Gasteiger partial charge in [-0.25, -0.2) is 12.8 Å². The molecule has 0 saturated heterocycles. The molecule has 0 bridgehead atoms. The van der Waals surface area contributed by atoms with Crippen LogP contribution in [-0.2, 0) is 9.84 Å². The molecule has 1 atom stereocenters. The van der Waals surface area contributed by atoms with E-state index in [9.17, 15) is 17.9 Å². The predicted octanol–water partition coefficient (Wildman–Crippen LogP) is 3.36. The number of aliphatic hydroxyl groups excluding tert-OH is 1. The first-order chi connectivity index (χ1) is 10.3. The van der Waals surface area contributed by atoms with Crippen LogP contribution >= 0.6 is 11.8 Å². The molecule has 2 aromatic rings. The van der Waals surface area contributed by atoms with E-state index in [2.05, 4.69) is 0 Å². The van der Waals surface area contributed by atoms with Gasteiger partial charge in [0.05, 0.1) is 11.0 Å². The van der Waals surface area contributed by atoms with E-state index in [0.717, 1.165) is 11.2 Å². The van der Waals surface area contributed by atoms with E-state index in [0.29, 0.717) is 16.9 Å². The van der Waals surface area contributed by atoms with E-state index in [4.69, 9.17) is 0 Å². The highest BCUT2D eigenvalue weighted by atomic mass is 32.2. The van der Waals surface area contributed by atoms with Crippen LogP contribution in [0.25, 0.3) is 0 Å². The van der Waals surface area contributed by atoms with Crippen LogP contribution in [0.15, 0.2) is 52.3 Å². The van der Waals surface area contributed by atoms with Crippen LogP contribution in [0.3, 0.4) is 0 Å². The minimum Gasteiger partial charge on any atom is -0.388 e. The van der Waals surface area contributed by atoms with Crippen molar-refractivity contribution in [1.29, 1.82) is 0 Å². The summed E-state index contributed by atoms with van der Waals surface area (Å²) >= 11 is 1.42. The third kappa shape index (κ3) is 4.32. The minimum atomic E-state index is -3.20. The second-order valence-electron chi connectivity index (χ2n) is 5.07. The van der Waals surface area contributed by atoms with Crippen molar-refractivity contribution >= 4 is 21.6 Å². The van der Waals surface area contributed by atoms with Gasteiger partial charge < -0.3 is 5.11 Å². The second-order valence-corrected chi connectivity index (χ2v) is 8.18. The zero-order chi connectivity index (χ0) is 16.3. The van der Waals surface area contributed by atoms with E-state index in [-0.39, 0.29) is 10.7 Å². The van der Waals surface area contributed by atoms with E-state index < -0.39 is 15.9 Å². The average molecular weight is 340 g/mol. The summed E-state index contributed by atoms with van der Waals surface area (Å²) in [7, 11) is -3.20. The first kappa shape index (κ1) is 17.0. The van der Waals surface area contributed by atoms with Gasteiger partial charge in [-0.05, 0) is 54.4 Å². The maximum atomic E-state index is 13.1. The minimum absolute atomic E-state index is 0.270. The molecular weight excluding hydrogens is 323 g/mol. The Bertz CT molecular complexity index is 755. The van der Waals surface area contributed by atoms with Crippen molar-refractivity contribution in [2.24, 2.45) is 0 Å². The van der Waals surface area contributed by atoms with Gasteiger partial charge in [0.2, 0.25) is 0 Å². The highest BCUT2D eigenvalue weighted by molar-refractivity contribution is 7.99. The van der Waals surface area contributed by atoms with Crippen LogP contribution in [0.1, 0.15) is 17.2 Å². The summed E-state index contributed by atoms with van der Waals surface area (Å²) in [5, 5.41) is 10.2. The summed E-state index contributed by atoms with van der Waals surface area (Å²) in [5.74, 6) is 0.0856. The largest absolute Gasteiger partial charge is 0.388 e. The van der Waals surface area contributed by atoms with Gasteiger partial charge in [0.1, 0.15) is 5.82 Å². The quantitative estimate of drug-likeness (QED) is 0.848. The van der Waals surface area contributed by atoms with Crippen molar-refractivity contribution in [3.8, 4) is 0 Å². The highest BCUT2D eigenvalue weighted by Gasteiger charge is 2.12. The lowest BCUT2D eigenvalue weighted by Crippen LogP contribution is -2.03. The molecule has 0 radical (unpaired) electrons. The number of thioether (sulfide) groups is 1. The van der Waals surface area contributed by atoms with Crippen LogP contribution in [0, 0.1) is 12.7 Å². The van der Waals surface area contributed by atoms with Crippen molar-refractivity contribution in [3.05, 3.63) is 59.4 Å².